The zero-order chi connectivity index (χ0) is 27.7. The lowest BCUT2D eigenvalue weighted by atomic mass is 9.84. The number of carbonyl (C=O) groups excluding carboxylic acids is 4. The van der Waals surface area contributed by atoms with Gasteiger partial charge in [0.1, 0.15) is 18.1 Å². The van der Waals surface area contributed by atoms with Crippen LogP contribution in [0.2, 0.25) is 0 Å². The zero-order valence-electron chi connectivity index (χ0n) is 23.5. The van der Waals surface area contributed by atoms with Crippen molar-refractivity contribution in [1.29, 1.82) is 5.26 Å². The van der Waals surface area contributed by atoms with Crippen molar-refractivity contribution in [3.63, 3.8) is 0 Å². The molecule has 9 nitrogen and oxygen atoms in total. The third kappa shape index (κ3) is 5.08. The van der Waals surface area contributed by atoms with Gasteiger partial charge in [-0.05, 0) is 48.3 Å². The fraction of sp³-hybridized carbons (Fsp3) is 0.821. The van der Waals surface area contributed by atoms with E-state index in [0.29, 0.717) is 13.0 Å². The van der Waals surface area contributed by atoms with Crippen molar-refractivity contribution in [2.45, 2.75) is 105 Å². The van der Waals surface area contributed by atoms with Crippen molar-refractivity contribution in [2.75, 3.05) is 6.54 Å². The Balaban J connectivity index is 1.51. The molecule has 6 atom stereocenters. The molecule has 2 aliphatic carbocycles. The van der Waals surface area contributed by atoms with Gasteiger partial charge < -0.3 is 20.9 Å². The summed E-state index contributed by atoms with van der Waals surface area (Å²) in [7, 11) is 0. The Hall–Kier alpha value is -2.63. The summed E-state index contributed by atoms with van der Waals surface area (Å²) in [4.78, 5) is 54.4. The topological polar surface area (TPSA) is 131 Å². The lowest BCUT2D eigenvalue weighted by Crippen LogP contribution is -2.60. The number of hydrogen-bond donors (Lipinski definition) is 3. The summed E-state index contributed by atoms with van der Waals surface area (Å²) in [6.45, 7) is 15.8. The number of rotatable bonds is 6. The minimum absolute atomic E-state index is 0.0146. The van der Waals surface area contributed by atoms with Gasteiger partial charge in [-0.3, -0.25) is 19.2 Å². The summed E-state index contributed by atoms with van der Waals surface area (Å²) in [5.74, 6) is -1.02. The van der Waals surface area contributed by atoms with E-state index in [0.717, 1.165) is 12.8 Å². The molecule has 37 heavy (non-hydrogen) atoms. The maximum atomic E-state index is 13.9. The molecule has 0 aromatic carbocycles. The minimum Gasteiger partial charge on any atom is -0.350 e. The van der Waals surface area contributed by atoms with Gasteiger partial charge in [0, 0.05) is 23.4 Å². The number of fused-ring (bicyclic) bond motifs is 1. The standard InChI is InChI=1S/C28H43N5O4/c1-25(2,3)20(31-24(37)26(4,5)6)23(36)33-14-17-18(27(17,7)8)19(33)22(35)30-16(13-29)11-15-12-28(9-10-28)32-21(15)34/h15-20H,9-12,14H2,1-8H3,(H,30,35)(H,31,37)(H,32,34)/t15-,16+,17+,18+,19+,20-/m1/s1. The SMILES string of the molecule is CC(C)(C)C(=O)N[C@H](C(=O)N1C[C@H]2[C@@H]([C@H]1C(=O)N[C@H](C#N)C[C@@H]1CC3(CC3)NC1=O)C2(C)C)C(C)(C)C. The van der Waals surface area contributed by atoms with E-state index in [9.17, 15) is 24.4 Å². The van der Waals surface area contributed by atoms with Crippen molar-refractivity contribution in [2.24, 2.45) is 34.0 Å². The fourth-order valence-electron chi connectivity index (χ4n) is 6.31. The monoisotopic (exact) mass is 513 g/mol. The third-order valence-electron chi connectivity index (χ3n) is 9.07. The number of carbonyl (C=O) groups is 4. The quantitative estimate of drug-likeness (QED) is 0.501. The van der Waals surface area contributed by atoms with E-state index in [1.165, 1.54) is 0 Å². The maximum absolute atomic E-state index is 13.9. The molecule has 4 amide bonds. The van der Waals surface area contributed by atoms with Crippen LogP contribution >= 0.6 is 0 Å². The van der Waals surface area contributed by atoms with Gasteiger partial charge in [0.25, 0.3) is 0 Å². The Labute approximate surface area is 220 Å². The van der Waals surface area contributed by atoms with Gasteiger partial charge >= 0.3 is 0 Å². The number of hydrogen-bond acceptors (Lipinski definition) is 5. The second kappa shape index (κ2) is 8.71. The van der Waals surface area contributed by atoms with Crippen LogP contribution in [0.25, 0.3) is 0 Å². The highest BCUT2D eigenvalue weighted by atomic mass is 16.2. The van der Waals surface area contributed by atoms with Crippen molar-refractivity contribution in [3.8, 4) is 6.07 Å². The molecule has 1 spiro atoms. The van der Waals surface area contributed by atoms with Crippen LogP contribution in [0.3, 0.4) is 0 Å². The number of nitriles is 1. The molecule has 0 unspecified atom stereocenters. The molecule has 4 aliphatic rings. The first-order valence-electron chi connectivity index (χ1n) is 13.5. The van der Waals surface area contributed by atoms with Gasteiger partial charge in [-0.2, -0.15) is 5.26 Å². The van der Waals surface area contributed by atoms with E-state index in [1.54, 1.807) is 25.7 Å². The number of nitrogens with zero attached hydrogens (tertiary/aromatic N) is 2. The second-order valence-corrected chi connectivity index (χ2v) is 14.5. The van der Waals surface area contributed by atoms with Gasteiger partial charge in [-0.25, -0.2) is 0 Å². The van der Waals surface area contributed by atoms with Crippen molar-refractivity contribution >= 4 is 23.6 Å². The number of piperidine rings is 1. The molecular weight excluding hydrogens is 470 g/mol. The summed E-state index contributed by atoms with van der Waals surface area (Å²) in [6, 6.07) is -0.157. The van der Waals surface area contributed by atoms with Crippen LogP contribution in [0.4, 0.5) is 0 Å². The zero-order valence-corrected chi connectivity index (χ0v) is 23.5. The average Bonchev–Trinajstić information content (AvgIpc) is 3.48. The Bertz CT molecular complexity index is 1040. The molecule has 4 fully saturated rings. The highest BCUT2D eigenvalue weighted by molar-refractivity contribution is 5.95. The lowest BCUT2D eigenvalue weighted by molar-refractivity contribution is -0.146. The molecule has 2 aliphatic heterocycles. The van der Waals surface area contributed by atoms with E-state index in [1.807, 2.05) is 20.8 Å². The van der Waals surface area contributed by atoms with E-state index >= 15 is 0 Å². The Morgan fingerprint density at radius 1 is 1.14 bits per heavy atom. The largest absolute Gasteiger partial charge is 0.350 e. The van der Waals surface area contributed by atoms with Crippen LogP contribution in [0, 0.1) is 45.3 Å². The molecule has 2 saturated carbocycles. The summed E-state index contributed by atoms with van der Waals surface area (Å²) in [5, 5.41) is 18.7. The number of nitrogens with one attached hydrogen (secondary N) is 3. The van der Waals surface area contributed by atoms with Gasteiger partial charge in [0.05, 0.1) is 6.07 Å². The molecule has 2 saturated heterocycles. The average molecular weight is 514 g/mol. The molecule has 0 bridgehead atoms. The lowest BCUT2D eigenvalue weighted by Gasteiger charge is -2.38. The van der Waals surface area contributed by atoms with Crippen LogP contribution in [0.15, 0.2) is 0 Å². The Morgan fingerprint density at radius 2 is 1.76 bits per heavy atom. The van der Waals surface area contributed by atoms with Crippen molar-refractivity contribution in [1.82, 2.24) is 20.9 Å². The smallest absolute Gasteiger partial charge is 0.246 e. The van der Waals surface area contributed by atoms with Gasteiger partial charge in [0.15, 0.2) is 0 Å². The molecule has 0 radical (unpaired) electrons. The number of likely N-dealkylation sites (tertiary alicyclic amines) is 1. The predicted octanol–water partition coefficient (Wildman–Crippen LogP) is 2.11. The van der Waals surface area contributed by atoms with Crippen molar-refractivity contribution in [3.05, 3.63) is 0 Å². The van der Waals surface area contributed by atoms with E-state index in [4.69, 9.17) is 0 Å². The summed E-state index contributed by atoms with van der Waals surface area (Å²) in [6.07, 6.45) is 2.90. The minimum atomic E-state index is -0.811. The first-order valence-corrected chi connectivity index (χ1v) is 13.5. The van der Waals surface area contributed by atoms with Crippen LogP contribution in [-0.2, 0) is 19.2 Å². The summed E-state index contributed by atoms with van der Waals surface area (Å²) < 4.78 is 0. The Morgan fingerprint density at radius 3 is 2.24 bits per heavy atom. The molecule has 0 aromatic heterocycles. The molecule has 3 N–H and O–H groups in total. The first-order chi connectivity index (χ1) is 16.9. The van der Waals surface area contributed by atoms with E-state index in [2.05, 4.69) is 35.9 Å². The van der Waals surface area contributed by atoms with Crippen molar-refractivity contribution < 1.29 is 19.2 Å². The predicted molar refractivity (Wildman–Crippen MR) is 137 cm³/mol. The van der Waals surface area contributed by atoms with Crippen LogP contribution in [0.1, 0.15) is 81.1 Å². The normalized spacial score (nSPS) is 30.6. The van der Waals surface area contributed by atoms with Gasteiger partial charge in [0.2, 0.25) is 23.6 Å². The molecule has 204 valence electrons. The molecule has 0 aromatic rings. The van der Waals surface area contributed by atoms with Crippen LogP contribution in [0.5, 0.6) is 0 Å². The first kappa shape index (κ1) is 27.4. The molecule has 4 rings (SSSR count). The summed E-state index contributed by atoms with van der Waals surface area (Å²) in [5.41, 5.74) is -1.41. The molecule has 2 heterocycles. The Kier molecular flexibility index (Phi) is 6.45. The highest BCUT2D eigenvalue weighted by Crippen LogP contribution is 2.65. The maximum Gasteiger partial charge on any atom is 0.246 e. The molecular formula is C28H43N5O4. The van der Waals surface area contributed by atoms with E-state index < -0.39 is 29.0 Å². The fourth-order valence-corrected chi connectivity index (χ4v) is 6.31. The van der Waals surface area contributed by atoms with Gasteiger partial charge in [-0.1, -0.05) is 55.4 Å². The second-order valence-electron chi connectivity index (χ2n) is 14.5. The summed E-state index contributed by atoms with van der Waals surface area (Å²) >= 11 is 0. The van der Waals surface area contributed by atoms with Gasteiger partial charge in [-0.15, -0.1) is 0 Å². The van der Waals surface area contributed by atoms with E-state index in [-0.39, 0.29) is 58.8 Å². The van der Waals surface area contributed by atoms with Crippen LogP contribution < -0.4 is 16.0 Å². The van der Waals surface area contributed by atoms with Crippen LogP contribution in [-0.4, -0.2) is 58.7 Å². The molecule has 9 heteroatoms. The highest BCUT2D eigenvalue weighted by Gasteiger charge is 2.70. The number of amides is 4. The third-order valence-corrected chi connectivity index (χ3v) is 9.07.